The maximum atomic E-state index is 8.79. The average Bonchev–Trinajstić information content (AvgIpc) is 2.39. The summed E-state index contributed by atoms with van der Waals surface area (Å²) >= 11 is 0. The smallest absolute Gasteiger partial charge is 0.0866 e. The Morgan fingerprint density at radius 1 is 1.47 bits per heavy atom. The van der Waals surface area contributed by atoms with E-state index in [1.165, 1.54) is 30.5 Å². The first-order chi connectivity index (χ1) is 9.19. The lowest BCUT2D eigenvalue weighted by Gasteiger charge is -2.36. The second-order valence-electron chi connectivity index (χ2n) is 5.59. The lowest BCUT2D eigenvalue weighted by molar-refractivity contribution is 0.120. The van der Waals surface area contributed by atoms with Crippen LogP contribution in [0.5, 0.6) is 0 Å². The number of hydrogen-bond donors (Lipinski definition) is 0. The topological polar surface area (TPSA) is 30.3 Å². The standard InChI is InChI=1S/C16H23N3/c1-14-5-3-6-15(11-14)12-19-9-4-7-16(13-19)18(2)10-8-17/h3,5-6,11,16H,4,7,9-10,12-13H2,1-2H3. The minimum absolute atomic E-state index is 0.526. The largest absolute Gasteiger partial charge is 0.298 e. The molecule has 2 rings (SSSR count). The van der Waals surface area contributed by atoms with Crippen molar-refractivity contribution in [1.29, 1.82) is 5.26 Å². The van der Waals surface area contributed by atoms with Gasteiger partial charge in [-0.15, -0.1) is 0 Å². The van der Waals surface area contributed by atoms with Crippen molar-refractivity contribution < 1.29 is 0 Å². The lowest BCUT2D eigenvalue weighted by atomic mass is 10.0. The molecule has 1 aliphatic rings. The molecule has 3 nitrogen and oxygen atoms in total. The van der Waals surface area contributed by atoms with Gasteiger partial charge in [-0.25, -0.2) is 0 Å². The van der Waals surface area contributed by atoms with E-state index in [0.717, 1.165) is 13.1 Å². The number of piperidine rings is 1. The summed E-state index contributed by atoms with van der Waals surface area (Å²) in [6, 6.07) is 11.5. The van der Waals surface area contributed by atoms with Gasteiger partial charge in [0.05, 0.1) is 12.6 Å². The number of nitrogens with zero attached hydrogens (tertiary/aromatic N) is 3. The number of aryl methyl sites for hydroxylation is 1. The Morgan fingerprint density at radius 2 is 2.32 bits per heavy atom. The molecule has 3 heteroatoms. The first-order valence-electron chi connectivity index (χ1n) is 7.04. The van der Waals surface area contributed by atoms with Gasteiger partial charge in [-0.2, -0.15) is 5.26 Å². The minimum Gasteiger partial charge on any atom is -0.298 e. The first kappa shape index (κ1) is 14.0. The Balaban J connectivity index is 1.92. The summed E-state index contributed by atoms with van der Waals surface area (Å²) in [7, 11) is 2.06. The van der Waals surface area contributed by atoms with E-state index in [0.29, 0.717) is 12.6 Å². The van der Waals surface area contributed by atoms with Crippen molar-refractivity contribution in [2.75, 3.05) is 26.7 Å². The highest BCUT2D eigenvalue weighted by molar-refractivity contribution is 5.22. The van der Waals surface area contributed by atoms with Gasteiger partial charge in [0.2, 0.25) is 0 Å². The Bertz CT molecular complexity index is 450. The minimum atomic E-state index is 0.526. The van der Waals surface area contributed by atoms with Crippen LogP contribution >= 0.6 is 0 Å². The van der Waals surface area contributed by atoms with Crippen molar-refractivity contribution in [2.45, 2.75) is 32.4 Å². The third-order valence-electron chi connectivity index (χ3n) is 3.91. The van der Waals surface area contributed by atoms with Crippen molar-refractivity contribution in [2.24, 2.45) is 0 Å². The number of nitriles is 1. The molecule has 0 radical (unpaired) electrons. The Kier molecular flexibility index (Phi) is 4.95. The SMILES string of the molecule is Cc1cccc(CN2CCCC(N(C)CC#N)C2)c1. The van der Waals surface area contributed by atoms with E-state index in [4.69, 9.17) is 5.26 Å². The van der Waals surface area contributed by atoms with Gasteiger partial charge < -0.3 is 0 Å². The highest BCUT2D eigenvalue weighted by atomic mass is 15.2. The molecule has 1 heterocycles. The molecule has 1 unspecified atom stereocenters. The van der Waals surface area contributed by atoms with Gasteiger partial charge in [0.1, 0.15) is 0 Å². The van der Waals surface area contributed by atoms with Gasteiger partial charge in [0.15, 0.2) is 0 Å². The molecule has 1 aromatic carbocycles. The van der Waals surface area contributed by atoms with E-state index in [1.807, 2.05) is 0 Å². The van der Waals surface area contributed by atoms with Crippen LogP contribution in [0.4, 0.5) is 0 Å². The highest BCUT2D eigenvalue weighted by Crippen LogP contribution is 2.17. The summed E-state index contributed by atoms with van der Waals surface area (Å²) < 4.78 is 0. The molecule has 1 aliphatic heterocycles. The summed E-state index contributed by atoms with van der Waals surface area (Å²) in [4.78, 5) is 4.69. The molecule has 0 aliphatic carbocycles. The van der Waals surface area contributed by atoms with Crippen LogP contribution in [0.2, 0.25) is 0 Å². The Hall–Kier alpha value is -1.37. The molecule has 1 fully saturated rings. The van der Waals surface area contributed by atoms with E-state index in [-0.39, 0.29) is 0 Å². The molecule has 1 saturated heterocycles. The molecule has 0 saturated carbocycles. The zero-order chi connectivity index (χ0) is 13.7. The summed E-state index contributed by atoms with van der Waals surface area (Å²) in [5.74, 6) is 0. The predicted molar refractivity (Wildman–Crippen MR) is 77.7 cm³/mol. The van der Waals surface area contributed by atoms with Crippen molar-refractivity contribution >= 4 is 0 Å². The molecule has 19 heavy (non-hydrogen) atoms. The first-order valence-corrected chi connectivity index (χ1v) is 7.04. The number of rotatable bonds is 4. The predicted octanol–water partition coefficient (Wildman–Crippen LogP) is 2.41. The lowest BCUT2D eigenvalue weighted by Crippen LogP contribution is -2.46. The van der Waals surface area contributed by atoms with Crippen molar-refractivity contribution in [3.8, 4) is 6.07 Å². The van der Waals surface area contributed by atoms with Gasteiger partial charge in [0.25, 0.3) is 0 Å². The van der Waals surface area contributed by atoms with Crippen molar-refractivity contribution in [3.05, 3.63) is 35.4 Å². The maximum Gasteiger partial charge on any atom is 0.0866 e. The molecule has 1 aromatic rings. The van der Waals surface area contributed by atoms with E-state index < -0.39 is 0 Å². The fraction of sp³-hybridized carbons (Fsp3) is 0.562. The maximum absolute atomic E-state index is 8.79. The van der Waals surface area contributed by atoms with Crippen LogP contribution in [0, 0.1) is 18.3 Å². The molecular formula is C16H23N3. The summed E-state index contributed by atoms with van der Waals surface area (Å²) in [6.07, 6.45) is 2.44. The van der Waals surface area contributed by atoms with Crippen LogP contribution in [0.1, 0.15) is 24.0 Å². The van der Waals surface area contributed by atoms with Gasteiger partial charge in [-0.05, 0) is 38.9 Å². The van der Waals surface area contributed by atoms with Gasteiger partial charge in [-0.1, -0.05) is 29.8 Å². The molecule has 102 valence electrons. The molecule has 0 spiro atoms. The van der Waals surface area contributed by atoms with Crippen LogP contribution < -0.4 is 0 Å². The van der Waals surface area contributed by atoms with Crippen molar-refractivity contribution in [1.82, 2.24) is 9.80 Å². The Labute approximate surface area is 116 Å². The molecule has 0 amide bonds. The van der Waals surface area contributed by atoms with Crippen molar-refractivity contribution in [3.63, 3.8) is 0 Å². The third kappa shape index (κ3) is 4.05. The van der Waals surface area contributed by atoms with Gasteiger partial charge in [0, 0.05) is 19.1 Å². The molecule has 0 bridgehead atoms. The second-order valence-corrected chi connectivity index (χ2v) is 5.59. The molecule has 0 N–H and O–H groups in total. The van der Waals surface area contributed by atoms with E-state index >= 15 is 0 Å². The zero-order valence-corrected chi connectivity index (χ0v) is 12.0. The van der Waals surface area contributed by atoms with E-state index in [1.54, 1.807) is 0 Å². The fourth-order valence-electron chi connectivity index (χ4n) is 2.84. The van der Waals surface area contributed by atoms with E-state index in [2.05, 4.69) is 54.1 Å². The normalized spacial score (nSPS) is 20.4. The highest BCUT2D eigenvalue weighted by Gasteiger charge is 2.22. The second kappa shape index (κ2) is 6.70. The number of benzene rings is 1. The summed E-state index contributed by atoms with van der Waals surface area (Å²) in [5.41, 5.74) is 2.72. The van der Waals surface area contributed by atoms with Crippen LogP contribution in [0.25, 0.3) is 0 Å². The summed E-state index contributed by atoms with van der Waals surface area (Å²) in [6.45, 7) is 5.95. The third-order valence-corrected chi connectivity index (χ3v) is 3.91. The van der Waals surface area contributed by atoms with Crippen LogP contribution in [-0.4, -0.2) is 42.5 Å². The average molecular weight is 257 g/mol. The molecule has 1 atom stereocenters. The van der Waals surface area contributed by atoms with Gasteiger partial charge >= 0.3 is 0 Å². The zero-order valence-electron chi connectivity index (χ0n) is 12.0. The van der Waals surface area contributed by atoms with Crippen LogP contribution in [0.15, 0.2) is 24.3 Å². The van der Waals surface area contributed by atoms with Crippen LogP contribution in [-0.2, 0) is 6.54 Å². The number of likely N-dealkylation sites (tertiary alicyclic amines) is 1. The van der Waals surface area contributed by atoms with Gasteiger partial charge in [-0.3, -0.25) is 9.80 Å². The monoisotopic (exact) mass is 257 g/mol. The fourth-order valence-corrected chi connectivity index (χ4v) is 2.84. The number of hydrogen-bond acceptors (Lipinski definition) is 3. The van der Waals surface area contributed by atoms with E-state index in [9.17, 15) is 0 Å². The van der Waals surface area contributed by atoms with Crippen LogP contribution in [0.3, 0.4) is 0 Å². The molecule has 0 aromatic heterocycles. The quantitative estimate of drug-likeness (QED) is 0.776. The summed E-state index contributed by atoms with van der Waals surface area (Å²) in [5, 5.41) is 8.79. The molecular weight excluding hydrogens is 234 g/mol. The number of likely N-dealkylation sites (N-methyl/N-ethyl adjacent to an activating group) is 1. The Morgan fingerprint density at radius 3 is 3.05 bits per heavy atom.